The zero-order chi connectivity index (χ0) is 13.3. The van der Waals surface area contributed by atoms with E-state index in [-0.39, 0.29) is 11.9 Å². The molecule has 1 aromatic rings. The Balaban J connectivity index is 2.06. The van der Waals surface area contributed by atoms with Crippen molar-refractivity contribution < 1.29 is 18.0 Å². The van der Waals surface area contributed by atoms with Gasteiger partial charge in [0.1, 0.15) is 5.38 Å². The van der Waals surface area contributed by atoms with E-state index in [2.05, 4.69) is 5.32 Å². The number of rotatable bonds is 3. The Labute approximate surface area is 107 Å². The van der Waals surface area contributed by atoms with E-state index in [0.29, 0.717) is 5.56 Å². The Morgan fingerprint density at radius 1 is 1.28 bits per heavy atom. The summed E-state index contributed by atoms with van der Waals surface area (Å²) in [5.41, 5.74) is -0.388. The minimum atomic E-state index is -4.38. The van der Waals surface area contributed by atoms with Crippen LogP contribution in [0.1, 0.15) is 29.3 Å². The Hall–Kier alpha value is -1.23. The summed E-state index contributed by atoms with van der Waals surface area (Å²) in [5.74, 6) is -0.362. The molecule has 0 saturated heterocycles. The number of nitrogens with one attached hydrogen (secondary N) is 1. The van der Waals surface area contributed by atoms with Gasteiger partial charge >= 0.3 is 6.18 Å². The number of benzene rings is 1. The third-order valence-electron chi connectivity index (χ3n) is 2.68. The summed E-state index contributed by atoms with van der Waals surface area (Å²) < 4.78 is 37.0. The van der Waals surface area contributed by atoms with Gasteiger partial charge in [0.05, 0.1) is 5.56 Å². The van der Waals surface area contributed by atoms with Gasteiger partial charge in [-0.1, -0.05) is 12.1 Å². The van der Waals surface area contributed by atoms with E-state index in [0.717, 1.165) is 25.0 Å². The van der Waals surface area contributed by atoms with Gasteiger partial charge in [-0.15, -0.1) is 11.6 Å². The second-order valence-corrected chi connectivity index (χ2v) is 4.70. The Morgan fingerprint density at radius 2 is 1.83 bits per heavy atom. The minimum absolute atomic E-state index is 0.174. The van der Waals surface area contributed by atoms with Gasteiger partial charge in [0.15, 0.2) is 0 Å². The minimum Gasteiger partial charge on any atom is -0.352 e. The average molecular weight is 278 g/mol. The zero-order valence-electron chi connectivity index (χ0n) is 9.30. The molecule has 1 N–H and O–H groups in total. The van der Waals surface area contributed by atoms with Gasteiger partial charge in [-0.3, -0.25) is 4.79 Å². The summed E-state index contributed by atoms with van der Waals surface area (Å²) in [6.07, 6.45) is -2.51. The second-order valence-electron chi connectivity index (χ2n) is 4.27. The number of carbonyl (C=O) groups excluding carboxylic acids is 1. The summed E-state index contributed by atoms with van der Waals surface area (Å²) in [4.78, 5) is 11.6. The fourth-order valence-electron chi connectivity index (χ4n) is 1.49. The molecular weight excluding hydrogens is 267 g/mol. The van der Waals surface area contributed by atoms with Crippen molar-refractivity contribution in [2.24, 2.45) is 0 Å². The standard InChI is InChI=1S/C12H11ClF3NO/c13-10(11(18)17-9-5-6-9)7-1-3-8(4-2-7)12(14,15)16/h1-4,9-10H,5-6H2,(H,17,18). The van der Waals surface area contributed by atoms with Gasteiger partial charge in [-0.05, 0) is 30.5 Å². The van der Waals surface area contributed by atoms with Crippen molar-refractivity contribution in [3.05, 3.63) is 35.4 Å². The monoisotopic (exact) mass is 277 g/mol. The fourth-order valence-corrected chi connectivity index (χ4v) is 1.70. The predicted molar refractivity (Wildman–Crippen MR) is 61.2 cm³/mol. The van der Waals surface area contributed by atoms with Gasteiger partial charge < -0.3 is 5.32 Å². The van der Waals surface area contributed by atoms with E-state index in [1.54, 1.807) is 0 Å². The molecule has 1 aliphatic carbocycles. The van der Waals surface area contributed by atoms with Crippen molar-refractivity contribution in [1.29, 1.82) is 0 Å². The molecule has 1 saturated carbocycles. The first-order valence-corrected chi connectivity index (χ1v) is 5.93. The van der Waals surface area contributed by atoms with Crippen LogP contribution in [-0.4, -0.2) is 11.9 Å². The molecule has 98 valence electrons. The molecule has 0 spiro atoms. The molecule has 1 aromatic carbocycles. The van der Waals surface area contributed by atoms with Crippen LogP contribution < -0.4 is 5.32 Å². The number of alkyl halides is 4. The maximum Gasteiger partial charge on any atom is 0.416 e. The van der Waals surface area contributed by atoms with Crippen LogP contribution in [0.2, 0.25) is 0 Å². The highest BCUT2D eigenvalue weighted by Crippen LogP contribution is 2.31. The van der Waals surface area contributed by atoms with Crippen molar-refractivity contribution in [3.63, 3.8) is 0 Å². The SMILES string of the molecule is O=C(NC1CC1)C(Cl)c1ccc(C(F)(F)F)cc1. The highest BCUT2D eigenvalue weighted by atomic mass is 35.5. The summed E-state index contributed by atoms with van der Waals surface area (Å²) in [6, 6.07) is 4.48. The fraction of sp³-hybridized carbons (Fsp3) is 0.417. The van der Waals surface area contributed by atoms with Crippen molar-refractivity contribution in [3.8, 4) is 0 Å². The molecular formula is C12H11ClF3NO. The van der Waals surface area contributed by atoms with E-state index < -0.39 is 17.1 Å². The van der Waals surface area contributed by atoms with Gasteiger partial charge in [0, 0.05) is 6.04 Å². The number of hydrogen-bond acceptors (Lipinski definition) is 1. The summed E-state index contributed by atoms with van der Waals surface area (Å²) >= 11 is 5.90. The number of hydrogen-bond donors (Lipinski definition) is 1. The van der Waals surface area contributed by atoms with Gasteiger partial charge in [0.25, 0.3) is 0 Å². The molecule has 0 heterocycles. The molecule has 0 bridgehead atoms. The first kappa shape index (κ1) is 13.2. The van der Waals surface area contributed by atoms with Gasteiger partial charge in [-0.2, -0.15) is 13.2 Å². The zero-order valence-corrected chi connectivity index (χ0v) is 10.1. The first-order chi connectivity index (χ1) is 8.38. The third kappa shape index (κ3) is 3.16. The highest BCUT2D eigenvalue weighted by molar-refractivity contribution is 6.30. The maximum absolute atomic E-state index is 12.3. The molecule has 1 unspecified atom stereocenters. The third-order valence-corrected chi connectivity index (χ3v) is 3.13. The van der Waals surface area contributed by atoms with Gasteiger partial charge in [0.2, 0.25) is 5.91 Å². The lowest BCUT2D eigenvalue weighted by atomic mass is 10.1. The normalized spacial score (nSPS) is 17.3. The summed E-state index contributed by atoms with van der Waals surface area (Å²) in [6.45, 7) is 0. The number of carbonyl (C=O) groups is 1. The quantitative estimate of drug-likeness (QED) is 0.844. The van der Waals surface area contributed by atoms with Crippen LogP contribution in [-0.2, 0) is 11.0 Å². The van der Waals surface area contributed by atoms with Crippen molar-refractivity contribution in [2.45, 2.75) is 30.4 Å². The van der Waals surface area contributed by atoms with E-state index in [1.807, 2.05) is 0 Å². The average Bonchev–Trinajstić information content (AvgIpc) is 3.11. The lowest BCUT2D eigenvalue weighted by molar-refractivity contribution is -0.137. The van der Waals surface area contributed by atoms with Crippen LogP contribution in [0.3, 0.4) is 0 Å². The maximum atomic E-state index is 12.3. The molecule has 2 rings (SSSR count). The smallest absolute Gasteiger partial charge is 0.352 e. The van der Waals surface area contributed by atoms with E-state index in [4.69, 9.17) is 11.6 Å². The van der Waals surface area contributed by atoms with Crippen LogP contribution in [0.5, 0.6) is 0 Å². The molecule has 6 heteroatoms. The summed E-state index contributed by atoms with van der Waals surface area (Å²) in [7, 11) is 0. The lowest BCUT2D eigenvalue weighted by Gasteiger charge is -2.12. The van der Waals surface area contributed by atoms with Crippen LogP contribution in [0.4, 0.5) is 13.2 Å². The van der Waals surface area contributed by atoms with Crippen LogP contribution in [0.15, 0.2) is 24.3 Å². The number of halogens is 4. The predicted octanol–water partition coefficient (Wildman–Crippen LogP) is 3.26. The molecule has 0 aromatic heterocycles. The van der Waals surface area contributed by atoms with Gasteiger partial charge in [-0.25, -0.2) is 0 Å². The molecule has 0 aliphatic heterocycles. The van der Waals surface area contributed by atoms with Crippen molar-refractivity contribution >= 4 is 17.5 Å². The molecule has 2 nitrogen and oxygen atoms in total. The van der Waals surface area contributed by atoms with Crippen molar-refractivity contribution in [1.82, 2.24) is 5.32 Å². The van der Waals surface area contributed by atoms with E-state index >= 15 is 0 Å². The Morgan fingerprint density at radius 3 is 2.28 bits per heavy atom. The van der Waals surface area contributed by atoms with Crippen LogP contribution in [0, 0.1) is 0 Å². The van der Waals surface area contributed by atoms with Crippen LogP contribution in [0.25, 0.3) is 0 Å². The Bertz CT molecular complexity index is 440. The summed E-state index contributed by atoms with van der Waals surface area (Å²) in [5, 5.41) is 1.75. The molecule has 1 amide bonds. The second kappa shape index (κ2) is 4.80. The molecule has 1 atom stereocenters. The topological polar surface area (TPSA) is 29.1 Å². The molecule has 1 aliphatic rings. The van der Waals surface area contributed by atoms with Crippen LogP contribution >= 0.6 is 11.6 Å². The Kier molecular flexibility index (Phi) is 3.52. The lowest BCUT2D eigenvalue weighted by Crippen LogP contribution is -2.28. The van der Waals surface area contributed by atoms with Crippen molar-refractivity contribution in [2.75, 3.05) is 0 Å². The van der Waals surface area contributed by atoms with E-state index in [9.17, 15) is 18.0 Å². The number of amides is 1. The first-order valence-electron chi connectivity index (χ1n) is 5.49. The molecule has 18 heavy (non-hydrogen) atoms. The largest absolute Gasteiger partial charge is 0.416 e. The van der Waals surface area contributed by atoms with E-state index in [1.165, 1.54) is 12.1 Å². The highest BCUT2D eigenvalue weighted by Gasteiger charge is 2.31. The molecule has 1 fully saturated rings. The molecule has 0 radical (unpaired) electrons.